The van der Waals surface area contributed by atoms with Crippen LogP contribution >= 0.6 is 0 Å². The van der Waals surface area contributed by atoms with Gasteiger partial charge in [0.25, 0.3) is 6.71 Å². The molecule has 13 aromatic rings. The third-order valence-corrected chi connectivity index (χ3v) is 18.0. The molecule has 4 heterocycles. The molecular formula is C74H46BN3O2Si. The molecule has 0 bridgehead atoms. The second kappa shape index (κ2) is 18.1. The Labute approximate surface area is 472 Å². The lowest BCUT2D eigenvalue weighted by Crippen LogP contribution is -2.60. The molecule has 0 saturated heterocycles. The molecule has 5 nitrogen and oxygen atoms in total. The van der Waals surface area contributed by atoms with Gasteiger partial charge >= 0.3 is 0 Å². The lowest BCUT2D eigenvalue weighted by molar-refractivity contribution is 0.477. The molecule has 81 heavy (non-hydrogen) atoms. The van der Waals surface area contributed by atoms with Crippen molar-refractivity contribution < 1.29 is 9.47 Å². The van der Waals surface area contributed by atoms with Gasteiger partial charge in [0, 0.05) is 45.3 Å². The van der Waals surface area contributed by atoms with Crippen molar-refractivity contribution in [2.75, 3.05) is 14.7 Å². The first-order valence-corrected chi connectivity index (χ1v) is 28.7. The molecule has 7 heteroatoms. The van der Waals surface area contributed by atoms with Crippen LogP contribution in [-0.2, 0) is 0 Å². The van der Waals surface area contributed by atoms with Gasteiger partial charge in [0.1, 0.15) is 21.0 Å². The Kier molecular flexibility index (Phi) is 10.2. The Morgan fingerprint density at radius 3 is 1.56 bits per heavy atom. The zero-order valence-electron chi connectivity index (χ0n) is 43.8. The standard InChI is InChI=1S/C74H46BN3O2Si/c1-5-23-47(24-6-1)53-31-13-14-32-54(53)49-41-68-74-70(42-49)81-69-46-62-60(45-63(69)77(74)61-38-20-22-40-66(61)80-68)75-59-37-19-21-39-65(59)79-67-44-52(76(50-27-9-3-10-28-50)51-29-11-4-12-30-51)43-64(72(67)75)78(62)73-57-35-17-15-33-55(57)71(48-25-7-2-8-26-48)56-34-16-18-36-58(56)73/h1-46H. The highest BCUT2D eigenvalue weighted by molar-refractivity contribution is 6.99. The minimum Gasteiger partial charge on any atom is -0.458 e. The topological polar surface area (TPSA) is 28.2 Å². The van der Waals surface area contributed by atoms with E-state index in [0.29, 0.717) is 9.52 Å². The smallest absolute Gasteiger partial charge is 0.256 e. The molecule has 2 radical (unpaired) electrons. The van der Waals surface area contributed by atoms with Crippen LogP contribution in [0.15, 0.2) is 279 Å². The maximum absolute atomic E-state index is 7.32. The van der Waals surface area contributed by atoms with Gasteiger partial charge < -0.3 is 24.2 Å². The van der Waals surface area contributed by atoms with Crippen LogP contribution < -0.4 is 50.9 Å². The summed E-state index contributed by atoms with van der Waals surface area (Å²) in [5.74, 6) is 3.38. The molecule has 0 spiro atoms. The zero-order valence-corrected chi connectivity index (χ0v) is 44.8. The van der Waals surface area contributed by atoms with Gasteiger partial charge in [0.2, 0.25) is 0 Å². The van der Waals surface area contributed by atoms with Crippen LogP contribution in [0, 0.1) is 0 Å². The maximum atomic E-state index is 7.32. The third kappa shape index (κ3) is 7.05. The van der Waals surface area contributed by atoms with E-state index in [9.17, 15) is 0 Å². The Morgan fingerprint density at radius 2 is 0.864 bits per heavy atom. The van der Waals surface area contributed by atoms with Gasteiger partial charge in [-0.05, 0) is 138 Å². The number of ether oxygens (including phenoxy) is 2. The van der Waals surface area contributed by atoms with Crippen LogP contribution in [0.4, 0.5) is 51.2 Å². The quantitative estimate of drug-likeness (QED) is 0.117. The van der Waals surface area contributed by atoms with Gasteiger partial charge in [-0.3, -0.25) is 0 Å². The minimum atomic E-state index is -0.175. The summed E-state index contributed by atoms with van der Waals surface area (Å²) in [5.41, 5.74) is 20.3. The maximum Gasteiger partial charge on any atom is 0.256 e. The largest absolute Gasteiger partial charge is 0.458 e. The molecule has 0 aromatic heterocycles. The van der Waals surface area contributed by atoms with Gasteiger partial charge in [-0.1, -0.05) is 206 Å². The fraction of sp³-hybridized carbons (Fsp3) is 0. The van der Waals surface area contributed by atoms with Gasteiger partial charge in [0.15, 0.2) is 11.5 Å². The summed E-state index contributed by atoms with van der Waals surface area (Å²) in [6.07, 6.45) is 0. The first-order chi connectivity index (χ1) is 40.2. The van der Waals surface area contributed by atoms with Crippen molar-refractivity contribution >= 4 is 116 Å². The highest BCUT2D eigenvalue weighted by atomic mass is 28.2. The molecule has 0 amide bonds. The van der Waals surface area contributed by atoms with Gasteiger partial charge in [-0.25, -0.2) is 0 Å². The summed E-state index contributed by atoms with van der Waals surface area (Å²) in [6, 6.07) is 102. The molecule has 0 atom stereocenters. The van der Waals surface area contributed by atoms with Crippen LogP contribution in [0.3, 0.4) is 0 Å². The molecule has 0 saturated carbocycles. The summed E-state index contributed by atoms with van der Waals surface area (Å²) in [4.78, 5) is 7.48. The van der Waals surface area contributed by atoms with Crippen LogP contribution in [-0.4, -0.2) is 16.2 Å². The van der Waals surface area contributed by atoms with Crippen molar-refractivity contribution in [1.82, 2.24) is 0 Å². The molecule has 376 valence electrons. The van der Waals surface area contributed by atoms with Gasteiger partial charge in [0.05, 0.1) is 22.7 Å². The molecule has 17 rings (SSSR count). The Morgan fingerprint density at radius 1 is 0.321 bits per heavy atom. The fourth-order valence-corrected chi connectivity index (χ4v) is 14.8. The van der Waals surface area contributed by atoms with Crippen molar-refractivity contribution in [3.05, 3.63) is 279 Å². The van der Waals surface area contributed by atoms with Crippen LogP contribution in [0.1, 0.15) is 0 Å². The number of hydrogen-bond donors (Lipinski definition) is 0. The summed E-state index contributed by atoms with van der Waals surface area (Å²) < 4.78 is 14.4. The first kappa shape index (κ1) is 45.7. The predicted octanol–water partition coefficient (Wildman–Crippen LogP) is 16.4. The number of rotatable bonds is 7. The fourth-order valence-electron chi connectivity index (χ4n) is 13.4. The average molecular weight is 1050 g/mol. The number of fused-ring (bicyclic) bond motifs is 10. The summed E-state index contributed by atoms with van der Waals surface area (Å²) in [7, 11) is 0.310. The predicted molar refractivity (Wildman–Crippen MR) is 338 cm³/mol. The van der Waals surface area contributed by atoms with Crippen molar-refractivity contribution in [2.24, 2.45) is 0 Å². The SMILES string of the molecule is c1ccc(-c2ccccc2-c2cc3c4c(c2)[Si]c2cc5c(cc2N4c2ccccc2O3)B2c3ccccc3Oc3cc(N(c4ccccc4)c4ccccc4)cc(c32)N5c2c3ccccc3c(-c3ccccc3)c3ccccc23)cc1. The minimum absolute atomic E-state index is 0.175. The van der Waals surface area contributed by atoms with E-state index in [2.05, 4.69) is 294 Å². The van der Waals surface area contributed by atoms with Crippen molar-refractivity contribution in [3.8, 4) is 56.4 Å². The molecule has 4 aliphatic heterocycles. The first-order valence-electron chi connectivity index (χ1n) is 27.7. The van der Waals surface area contributed by atoms with E-state index in [1.165, 1.54) is 54.4 Å². The van der Waals surface area contributed by atoms with Crippen molar-refractivity contribution in [3.63, 3.8) is 0 Å². The van der Waals surface area contributed by atoms with Crippen LogP contribution in [0.2, 0.25) is 0 Å². The number of anilines is 9. The van der Waals surface area contributed by atoms with Crippen LogP contribution in [0.25, 0.3) is 54.9 Å². The molecule has 0 fully saturated rings. The Bertz CT molecular complexity index is 4610. The van der Waals surface area contributed by atoms with Gasteiger partial charge in [-0.2, -0.15) is 0 Å². The van der Waals surface area contributed by atoms with E-state index in [1.54, 1.807) is 0 Å². The van der Waals surface area contributed by atoms with Gasteiger partial charge in [-0.15, -0.1) is 0 Å². The molecule has 13 aromatic carbocycles. The second-order valence-corrected chi connectivity index (χ2v) is 22.5. The number of benzene rings is 13. The normalized spacial score (nSPS) is 13.0. The highest BCUT2D eigenvalue weighted by Crippen LogP contribution is 2.55. The number of hydrogen-bond acceptors (Lipinski definition) is 5. The van der Waals surface area contributed by atoms with E-state index in [4.69, 9.17) is 9.47 Å². The summed E-state index contributed by atoms with van der Waals surface area (Å²) >= 11 is 0. The van der Waals surface area contributed by atoms with Crippen molar-refractivity contribution in [1.29, 1.82) is 0 Å². The second-order valence-electron chi connectivity index (χ2n) is 21.2. The van der Waals surface area contributed by atoms with E-state index in [0.717, 1.165) is 101 Å². The molecule has 0 unspecified atom stereocenters. The Balaban J connectivity index is 0.976. The third-order valence-electron chi connectivity index (χ3n) is 16.7. The molecular weight excluding hydrogens is 1000 g/mol. The van der Waals surface area contributed by atoms with E-state index >= 15 is 0 Å². The van der Waals surface area contributed by atoms with Crippen molar-refractivity contribution in [2.45, 2.75) is 0 Å². The summed E-state index contributed by atoms with van der Waals surface area (Å²) in [5, 5.41) is 7.21. The van der Waals surface area contributed by atoms with Crippen LogP contribution in [0.5, 0.6) is 23.0 Å². The van der Waals surface area contributed by atoms with E-state index in [-0.39, 0.29) is 6.71 Å². The zero-order chi connectivity index (χ0) is 53.1. The molecule has 4 aliphatic rings. The molecule has 0 aliphatic carbocycles. The lowest BCUT2D eigenvalue weighted by atomic mass is 9.34. The average Bonchev–Trinajstić information content (AvgIpc) is 3.22. The monoisotopic (exact) mass is 1050 g/mol. The lowest BCUT2D eigenvalue weighted by Gasteiger charge is -2.44. The number of nitrogens with zero attached hydrogens (tertiary/aromatic N) is 3. The highest BCUT2D eigenvalue weighted by Gasteiger charge is 2.45. The van der Waals surface area contributed by atoms with E-state index in [1.807, 2.05) is 0 Å². The number of para-hydroxylation sites is 5. The van der Waals surface area contributed by atoms with E-state index < -0.39 is 0 Å². The Hall–Kier alpha value is -10.3. The summed E-state index contributed by atoms with van der Waals surface area (Å²) in [6.45, 7) is -0.175. The molecule has 0 N–H and O–H groups in total.